The van der Waals surface area contributed by atoms with Gasteiger partial charge in [-0.05, 0) is 65.4 Å². The van der Waals surface area contributed by atoms with Gasteiger partial charge in [-0.3, -0.25) is 9.59 Å². The van der Waals surface area contributed by atoms with Gasteiger partial charge in [-0.1, -0.05) is 17.7 Å². The highest BCUT2D eigenvalue weighted by molar-refractivity contribution is 14.1. The number of carbonyl (C=O) groups excluding carboxylic acids is 2. The van der Waals surface area contributed by atoms with Crippen LogP contribution in [0.15, 0.2) is 42.5 Å². The fourth-order valence-electron chi connectivity index (χ4n) is 2.54. The van der Waals surface area contributed by atoms with Crippen LogP contribution < -0.4 is 10.2 Å². The number of benzene rings is 2. The first kappa shape index (κ1) is 16.3. The highest BCUT2D eigenvalue weighted by atomic mass is 127. The predicted molar refractivity (Wildman–Crippen MR) is 100 cm³/mol. The molecule has 1 aliphatic heterocycles. The molecule has 6 heteroatoms. The van der Waals surface area contributed by atoms with E-state index in [0.29, 0.717) is 22.7 Å². The van der Waals surface area contributed by atoms with Crippen LogP contribution in [0.2, 0.25) is 5.02 Å². The SMILES string of the molecule is O=C(Nc1cccc(N2CCCC2=O)c1)c1cc(Cl)ccc1I. The highest BCUT2D eigenvalue weighted by Gasteiger charge is 2.22. The number of halogens is 2. The van der Waals surface area contributed by atoms with Crippen LogP contribution in [-0.2, 0) is 4.79 Å². The molecular weight excluding hydrogens is 427 g/mol. The fourth-order valence-corrected chi connectivity index (χ4v) is 3.30. The number of hydrogen-bond donors (Lipinski definition) is 1. The van der Waals surface area contributed by atoms with E-state index >= 15 is 0 Å². The first-order chi connectivity index (χ1) is 11.0. The van der Waals surface area contributed by atoms with Gasteiger partial charge in [0.1, 0.15) is 0 Å². The number of carbonyl (C=O) groups is 2. The minimum Gasteiger partial charge on any atom is -0.322 e. The number of nitrogens with zero attached hydrogens (tertiary/aromatic N) is 1. The molecule has 1 saturated heterocycles. The molecular formula is C17H14ClIN2O2. The van der Waals surface area contributed by atoms with Crippen molar-refractivity contribution >= 4 is 57.4 Å². The van der Waals surface area contributed by atoms with Gasteiger partial charge in [0.05, 0.1) is 5.56 Å². The molecule has 4 nitrogen and oxygen atoms in total. The smallest absolute Gasteiger partial charge is 0.256 e. The summed E-state index contributed by atoms with van der Waals surface area (Å²) in [6, 6.07) is 12.5. The van der Waals surface area contributed by atoms with Crippen molar-refractivity contribution < 1.29 is 9.59 Å². The molecule has 118 valence electrons. The van der Waals surface area contributed by atoms with Crippen LogP contribution in [0.4, 0.5) is 11.4 Å². The maximum Gasteiger partial charge on any atom is 0.256 e. The standard InChI is InChI=1S/C17H14ClIN2O2/c18-11-6-7-15(19)14(9-11)17(23)20-12-3-1-4-13(10-12)21-8-2-5-16(21)22/h1,3-4,6-7,9-10H,2,5,8H2,(H,20,23). The molecule has 0 unspecified atom stereocenters. The van der Waals surface area contributed by atoms with Gasteiger partial charge in [-0.25, -0.2) is 0 Å². The Kier molecular flexibility index (Phi) is 4.87. The lowest BCUT2D eigenvalue weighted by atomic mass is 10.2. The molecule has 0 saturated carbocycles. The maximum atomic E-state index is 12.4. The molecule has 0 aliphatic carbocycles. The second-order valence-electron chi connectivity index (χ2n) is 5.28. The van der Waals surface area contributed by atoms with E-state index in [1.54, 1.807) is 29.2 Å². The van der Waals surface area contributed by atoms with E-state index in [1.165, 1.54) is 0 Å². The van der Waals surface area contributed by atoms with Gasteiger partial charge in [-0.2, -0.15) is 0 Å². The van der Waals surface area contributed by atoms with Gasteiger partial charge in [0.25, 0.3) is 5.91 Å². The number of amides is 2. The van der Waals surface area contributed by atoms with E-state index < -0.39 is 0 Å². The first-order valence-corrected chi connectivity index (χ1v) is 8.67. The predicted octanol–water partition coefficient (Wildman–Crippen LogP) is 4.32. The van der Waals surface area contributed by atoms with E-state index in [4.69, 9.17) is 11.6 Å². The minimum atomic E-state index is -0.221. The number of anilines is 2. The molecule has 1 N–H and O–H groups in total. The second-order valence-corrected chi connectivity index (χ2v) is 6.88. The van der Waals surface area contributed by atoms with Crippen LogP contribution in [0.3, 0.4) is 0 Å². The summed E-state index contributed by atoms with van der Waals surface area (Å²) >= 11 is 8.07. The van der Waals surface area contributed by atoms with Crippen molar-refractivity contribution in [1.82, 2.24) is 0 Å². The molecule has 3 rings (SSSR count). The Morgan fingerprint density at radius 1 is 1.22 bits per heavy atom. The maximum absolute atomic E-state index is 12.4. The summed E-state index contributed by atoms with van der Waals surface area (Å²) in [6.07, 6.45) is 1.45. The molecule has 0 atom stereocenters. The zero-order valence-corrected chi connectivity index (χ0v) is 15.1. The largest absolute Gasteiger partial charge is 0.322 e. The molecule has 1 heterocycles. The average molecular weight is 441 g/mol. The summed E-state index contributed by atoms with van der Waals surface area (Å²) in [4.78, 5) is 26.0. The van der Waals surface area contributed by atoms with Crippen LogP contribution in [0.5, 0.6) is 0 Å². The number of hydrogen-bond acceptors (Lipinski definition) is 2. The lowest BCUT2D eigenvalue weighted by Gasteiger charge is -2.17. The minimum absolute atomic E-state index is 0.123. The Balaban J connectivity index is 1.81. The topological polar surface area (TPSA) is 49.4 Å². The lowest BCUT2D eigenvalue weighted by molar-refractivity contribution is -0.117. The summed E-state index contributed by atoms with van der Waals surface area (Å²) in [5.41, 5.74) is 2.00. The summed E-state index contributed by atoms with van der Waals surface area (Å²) in [7, 11) is 0. The fraction of sp³-hybridized carbons (Fsp3) is 0.176. The molecule has 1 aliphatic rings. The monoisotopic (exact) mass is 440 g/mol. The zero-order chi connectivity index (χ0) is 16.4. The zero-order valence-electron chi connectivity index (χ0n) is 12.2. The third-order valence-corrected chi connectivity index (χ3v) is 4.84. The quantitative estimate of drug-likeness (QED) is 0.723. The Hall–Kier alpha value is -1.60. The molecule has 1 fully saturated rings. The van der Waals surface area contributed by atoms with Crippen molar-refractivity contribution in [2.45, 2.75) is 12.8 Å². The Labute approximate surface area is 153 Å². The van der Waals surface area contributed by atoms with Crippen molar-refractivity contribution in [2.24, 2.45) is 0 Å². The third kappa shape index (κ3) is 3.67. The van der Waals surface area contributed by atoms with Crippen molar-refractivity contribution in [3.8, 4) is 0 Å². The number of nitrogens with one attached hydrogen (secondary N) is 1. The third-order valence-electron chi connectivity index (χ3n) is 3.66. The van der Waals surface area contributed by atoms with Crippen LogP contribution >= 0.6 is 34.2 Å². The Bertz CT molecular complexity index is 779. The molecule has 0 aromatic heterocycles. The molecule has 2 aromatic rings. The first-order valence-electron chi connectivity index (χ1n) is 7.21. The normalized spacial score (nSPS) is 14.2. The van der Waals surface area contributed by atoms with E-state index in [-0.39, 0.29) is 11.8 Å². The Morgan fingerprint density at radius 3 is 2.78 bits per heavy atom. The number of rotatable bonds is 3. The van der Waals surface area contributed by atoms with E-state index in [2.05, 4.69) is 27.9 Å². The van der Waals surface area contributed by atoms with Crippen molar-refractivity contribution in [1.29, 1.82) is 0 Å². The molecule has 23 heavy (non-hydrogen) atoms. The van der Waals surface area contributed by atoms with Gasteiger partial charge in [-0.15, -0.1) is 0 Å². The highest BCUT2D eigenvalue weighted by Crippen LogP contribution is 2.25. The van der Waals surface area contributed by atoms with Gasteiger partial charge in [0, 0.05) is 32.9 Å². The van der Waals surface area contributed by atoms with E-state index in [1.807, 2.05) is 18.2 Å². The van der Waals surface area contributed by atoms with Crippen LogP contribution in [-0.4, -0.2) is 18.4 Å². The molecule has 2 aromatic carbocycles. The van der Waals surface area contributed by atoms with Crippen molar-refractivity contribution in [3.63, 3.8) is 0 Å². The van der Waals surface area contributed by atoms with Crippen molar-refractivity contribution in [2.75, 3.05) is 16.8 Å². The lowest BCUT2D eigenvalue weighted by Crippen LogP contribution is -2.23. The van der Waals surface area contributed by atoms with Gasteiger partial charge < -0.3 is 10.2 Å². The van der Waals surface area contributed by atoms with Crippen LogP contribution in [0.25, 0.3) is 0 Å². The summed E-state index contributed by atoms with van der Waals surface area (Å²) < 4.78 is 0.829. The van der Waals surface area contributed by atoms with Crippen molar-refractivity contribution in [3.05, 3.63) is 56.6 Å². The van der Waals surface area contributed by atoms with E-state index in [9.17, 15) is 9.59 Å². The van der Waals surface area contributed by atoms with E-state index in [0.717, 1.165) is 22.2 Å². The van der Waals surface area contributed by atoms with Gasteiger partial charge in [0.15, 0.2) is 0 Å². The molecule has 0 bridgehead atoms. The average Bonchev–Trinajstić information content (AvgIpc) is 2.96. The molecule has 0 radical (unpaired) electrons. The molecule has 0 spiro atoms. The van der Waals surface area contributed by atoms with Gasteiger partial charge >= 0.3 is 0 Å². The summed E-state index contributed by atoms with van der Waals surface area (Å²) in [5, 5.41) is 3.38. The van der Waals surface area contributed by atoms with Crippen LogP contribution in [0, 0.1) is 3.57 Å². The van der Waals surface area contributed by atoms with Crippen LogP contribution in [0.1, 0.15) is 23.2 Å². The van der Waals surface area contributed by atoms with Gasteiger partial charge in [0.2, 0.25) is 5.91 Å². The summed E-state index contributed by atoms with van der Waals surface area (Å²) in [6.45, 7) is 0.725. The molecule has 2 amide bonds. The Morgan fingerprint density at radius 2 is 2.04 bits per heavy atom. The summed E-state index contributed by atoms with van der Waals surface area (Å²) in [5.74, 6) is -0.0975. The second kappa shape index (κ2) is 6.88.